The molecule has 1 aromatic carbocycles. The topological polar surface area (TPSA) is 57.2 Å². The van der Waals surface area contributed by atoms with Gasteiger partial charge in [-0.2, -0.15) is 0 Å². The van der Waals surface area contributed by atoms with Crippen molar-refractivity contribution in [2.24, 2.45) is 5.92 Å². The molecule has 0 spiro atoms. The van der Waals surface area contributed by atoms with Crippen LogP contribution in [0.25, 0.3) is 10.8 Å². The number of phenols is 1. The molecule has 20 heavy (non-hydrogen) atoms. The van der Waals surface area contributed by atoms with E-state index in [1.165, 1.54) is 12.8 Å². The van der Waals surface area contributed by atoms with Crippen molar-refractivity contribution in [1.29, 1.82) is 0 Å². The van der Waals surface area contributed by atoms with Gasteiger partial charge in [0.15, 0.2) is 0 Å². The molecular formula is C16H21N3O. The number of piperidine rings is 1. The van der Waals surface area contributed by atoms with Crippen LogP contribution in [0.4, 0.5) is 5.82 Å². The molecule has 2 heterocycles. The second-order valence-corrected chi connectivity index (χ2v) is 5.44. The zero-order valence-electron chi connectivity index (χ0n) is 11.6. The Kier molecular flexibility index (Phi) is 4.02. The van der Waals surface area contributed by atoms with Crippen molar-refractivity contribution >= 4 is 16.6 Å². The average molecular weight is 271 g/mol. The molecule has 4 heteroatoms. The van der Waals surface area contributed by atoms with Crippen LogP contribution in [0.15, 0.2) is 30.5 Å². The molecule has 1 aromatic heterocycles. The lowest BCUT2D eigenvalue weighted by atomic mass is 9.95. The summed E-state index contributed by atoms with van der Waals surface area (Å²) in [5.74, 6) is 1.88. The van der Waals surface area contributed by atoms with E-state index in [2.05, 4.69) is 15.6 Å². The normalized spacial score (nSPS) is 16.4. The maximum absolute atomic E-state index is 10.0. The molecule has 1 aliphatic heterocycles. The molecule has 0 saturated carbocycles. The molecule has 1 saturated heterocycles. The average Bonchev–Trinajstić information content (AvgIpc) is 2.49. The van der Waals surface area contributed by atoms with Crippen LogP contribution in [0.5, 0.6) is 5.75 Å². The van der Waals surface area contributed by atoms with Crippen molar-refractivity contribution in [1.82, 2.24) is 10.3 Å². The molecule has 0 bridgehead atoms. The van der Waals surface area contributed by atoms with Gasteiger partial charge < -0.3 is 15.7 Å². The van der Waals surface area contributed by atoms with Crippen molar-refractivity contribution in [3.63, 3.8) is 0 Å². The highest BCUT2D eigenvalue weighted by atomic mass is 16.3. The monoisotopic (exact) mass is 271 g/mol. The van der Waals surface area contributed by atoms with Gasteiger partial charge in [-0.05, 0) is 55.8 Å². The van der Waals surface area contributed by atoms with Crippen LogP contribution in [0, 0.1) is 5.92 Å². The van der Waals surface area contributed by atoms with E-state index >= 15 is 0 Å². The third kappa shape index (κ3) is 2.85. The number of hydrogen-bond acceptors (Lipinski definition) is 4. The Morgan fingerprint density at radius 3 is 2.95 bits per heavy atom. The first-order valence-electron chi connectivity index (χ1n) is 7.36. The number of rotatable bonds is 4. The van der Waals surface area contributed by atoms with E-state index in [0.717, 1.165) is 48.6 Å². The van der Waals surface area contributed by atoms with Gasteiger partial charge in [0.25, 0.3) is 0 Å². The fourth-order valence-electron chi connectivity index (χ4n) is 2.91. The Morgan fingerprint density at radius 2 is 2.10 bits per heavy atom. The molecule has 3 N–H and O–H groups in total. The van der Waals surface area contributed by atoms with Crippen LogP contribution in [-0.2, 0) is 0 Å². The van der Waals surface area contributed by atoms with Gasteiger partial charge >= 0.3 is 0 Å². The number of aromatic hydroxyl groups is 1. The highest BCUT2D eigenvalue weighted by Gasteiger charge is 2.13. The molecule has 4 nitrogen and oxygen atoms in total. The molecule has 106 valence electrons. The van der Waals surface area contributed by atoms with Crippen LogP contribution < -0.4 is 10.6 Å². The van der Waals surface area contributed by atoms with E-state index in [-0.39, 0.29) is 0 Å². The summed E-state index contributed by atoms with van der Waals surface area (Å²) < 4.78 is 0. The Morgan fingerprint density at radius 1 is 1.25 bits per heavy atom. The summed E-state index contributed by atoms with van der Waals surface area (Å²) in [7, 11) is 0. The fraction of sp³-hybridized carbons (Fsp3) is 0.438. The van der Waals surface area contributed by atoms with Gasteiger partial charge in [0.05, 0.1) is 5.39 Å². The lowest BCUT2D eigenvalue weighted by Gasteiger charge is -2.22. The van der Waals surface area contributed by atoms with Crippen LogP contribution in [0.1, 0.15) is 19.3 Å². The summed E-state index contributed by atoms with van der Waals surface area (Å²) >= 11 is 0. The highest BCUT2D eigenvalue weighted by Crippen LogP contribution is 2.29. The number of nitrogens with one attached hydrogen (secondary N) is 2. The summed E-state index contributed by atoms with van der Waals surface area (Å²) in [6.07, 6.45) is 5.47. The lowest BCUT2D eigenvalue weighted by Crippen LogP contribution is -2.28. The number of hydrogen-bond donors (Lipinski definition) is 3. The van der Waals surface area contributed by atoms with E-state index in [1.807, 2.05) is 18.2 Å². The van der Waals surface area contributed by atoms with Gasteiger partial charge in [0.1, 0.15) is 11.6 Å². The molecule has 2 aromatic rings. The lowest BCUT2D eigenvalue weighted by molar-refractivity contribution is 0.361. The quantitative estimate of drug-likeness (QED) is 0.800. The predicted octanol–water partition coefficient (Wildman–Crippen LogP) is 2.74. The van der Waals surface area contributed by atoms with Crippen molar-refractivity contribution in [3.8, 4) is 5.75 Å². The maximum atomic E-state index is 10.0. The first-order valence-corrected chi connectivity index (χ1v) is 7.36. The van der Waals surface area contributed by atoms with Gasteiger partial charge in [-0.1, -0.05) is 12.1 Å². The van der Waals surface area contributed by atoms with Gasteiger partial charge in [-0.25, -0.2) is 4.98 Å². The summed E-state index contributed by atoms with van der Waals surface area (Å²) in [4.78, 5) is 4.37. The standard InChI is InChI=1S/C16H21N3O/c20-14-3-1-2-13-7-11-19-16(15(13)14)18-10-6-12-4-8-17-9-5-12/h1-3,7,11-12,17,20H,4-6,8-10H2,(H,18,19). The van der Waals surface area contributed by atoms with Crippen LogP contribution in [0.2, 0.25) is 0 Å². The summed E-state index contributed by atoms with van der Waals surface area (Å²) in [6, 6.07) is 7.49. The van der Waals surface area contributed by atoms with Gasteiger partial charge in [0, 0.05) is 12.7 Å². The number of benzene rings is 1. The fourth-order valence-corrected chi connectivity index (χ4v) is 2.91. The largest absolute Gasteiger partial charge is 0.507 e. The smallest absolute Gasteiger partial charge is 0.137 e. The Balaban J connectivity index is 1.68. The maximum Gasteiger partial charge on any atom is 0.137 e. The van der Waals surface area contributed by atoms with Gasteiger partial charge in [0.2, 0.25) is 0 Å². The summed E-state index contributed by atoms with van der Waals surface area (Å²) in [6.45, 7) is 3.18. The number of aromatic nitrogens is 1. The zero-order chi connectivity index (χ0) is 13.8. The minimum atomic E-state index is 0.292. The second kappa shape index (κ2) is 6.09. The second-order valence-electron chi connectivity index (χ2n) is 5.44. The van der Waals surface area contributed by atoms with E-state index in [0.29, 0.717) is 5.75 Å². The van der Waals surface area contributed by atoms with Crippen molar-refractivity contribution in [2.45, 2.75) is 19.3 Å². The highest BCUT2D eigenvalue weighted by molar-refractivity contribution is 5.96. The molecular weight excluding hydrogens is 250 g/mol. The van der Waals surface area contributed by atoms with Crippen molar-refractivity contribution < 1.29 is 5.11 Å². The van der Waals surface area contributed by atoms with E-state index in [4.69, 9.17) is 0 Å². The Hall–Kier alpha value is -1.81. The van der Waals surface area contributed by atoms with E-state index in [1.54, 1.807) is 12.3 Å². The Bertz CT molecular complexity index is 574. The number of fused-ring (bicyclic) bond motifs is 1. The van der Waals surface area contributed by atoms with Crippen LogP contribution in [-0.4, -0.2) is 29.7 Å². The predicted molar refractivity (Wildman–Crippen MR) is 82.1 cm³/mol. The Labute approximate surface area is 119 Å². The van der Waals surface area contributed by atoms with Crippen LogP contribution >= 0.6 is 0 Å². The molecule has 0 aliphatic carbocycles. The van der Waals surface area contributed by atoms with Gasteiger partial charge in [-0.3, -0.25) is 0 Å². The minimum Gasteiger partial charge on any atom is -0.507 e. The molecule has 3 rings (SSSR count). The molecule has 0 amide bonds. The van der Waals surface area contributed by atoms with Crippen molar-refractivity contribution in [2.75, 3.05) is 25.0 Å². The SMILES string of the molecule is Oc1cccc2ccnc(NCCC3CCNCC3)c12. The molecule has 0 unspecified atom stereocenters. The molecule has 0 atom stereocenters. The van der Waals surface area contributed by atoms with Crippen molar-refractivity contribution in [3.05, 3.63) is 30.5 Å². The summed E-state index contributed by atoms with van der Waals surface area (Å²) in [5.41, 5.74) is 0. The number of phenolic OH excluding ortho intramolecular Hbond substituents is 1. The molecule has 0 radical (unpaired) electrons. The van der Waals surface area contributed by atoms with E-state index < -0.39 is 0 Å². The molecule has 1 fully saturated rings. The van der Waals surface area contributed by atoms with Crippen LogP contribution in [0.3, 0.4) is 0 Å². The number of anilines is 1. The third-order valence-electron chi connectivity index (χ3n) is 4.07. The summed E-state index contributed by atoms with van der Waals surface area (Å²) in [5, 5.41) is 18.6. The zero-order valence-corrected chi connectivity index (χ0v) is 11.6. The minimum absolute atomic E-state index is 0.292. The van der Waals surface area contributed by atoms with Gasteiger partial charge in [-0.15, -0.1) is 0 Å². The first-order chi connectivity index (χ1) is 9.84. The number of nitrogens with zero attached hydrogens (tertiary/aromatic N) is 1. The third-order valence-corrected chi connectivity index (χ3v) is 4.07. The number of pyridine rings is 1. The van der Waals surface area contributed by atoms with E-state index in [9.17, 15) is 5.11 Å². The molecule has 1 aliphatic rings. The first kappa shape index (κ1) is 13.2.